The van der Waals surface area contributed by atoms with Crippen LogP contribution in [0, 0.1) is 0 Å². The van der Waals surface area contributed by atoms with E-state index in [1.54, 1.807) is 0 Å². The van der Waals surface area contributed by atoms with Gasteiger partial charge in [-0.3, -0.25) is 9.59 Å². The number of urea groups is 1. The fourth-order valence-electron chi connectivity index (χ4n) is 2.14. The molecule has 7 nitrogen and oxygen atoms in total. The second kappa shape index (κ2) is 5.70. The van der Waals surface area contributed by atoms with Gasteiger partial charge < -0.3 is 20.4 Å². The van der Waals surface area contributed by atoms with Crippen LogP contribution in [0.3, 0.4) is 0 Å². The van der Waals surface area contributed by atoms with Crippen molar-refractivity contribution in [1.82, 2.24) is 10.2 Å². The van der Waals surface area contributed by atoms with E-state index in [9.17, 15) is 14.4 Å². The van der Waals surface area contributed by atoms with Crippen molar-refractivity contribution in [2.24, 2.45) is 0 Å². The van der Waals surface area contributed by atoms with Crippen molar-refractivity contribution in [3.8, 4) is 0 Å². The number of nitrogens with one attached hydrogen (secondary N) is 1. The molecule has 0 aromatic carbocycles. The van der Waals surface area contributed by atoms with Gasteiger partial charge in [-0.05, 0) is 19.8 Å². The minimum atomic E-state index is -1.23. The zero-order valence-corrected chi connectivity index (χ0v) is 10.3. The molecule has 0 unspecified atom stereocenters. The Morgan fingerprint density at radius 1 is 1.11 bits per heavy atom. The van der Waals surface area contributed by atoms with Crippen molar-refractivity contribution in [2.45, 2.75) is 38.1 Å². The highest BCUT2D eigenvalue weighted by Crippen LogP contribution is 2.28. The Labute approximate surface area is 105 Å². The van der Waals surface area contributed by atoms with Crippen LogP contribution in [0.2, 0.25) is 0 Å². The topological polar surface area (TPSA) is 107 Å². The number of hydrogen-bond acceptors (Lipinski definition) is 3. The lowest BCUT2D eigenvalue weighted by Crippen LogP contribution is -2.52. The zero-order valence-electron chi connectivity index (χ0n) is 10.3. The van der Waals surface area contributed by atoms with Crippen LogP contribution in [0.15, 0.2) is 0 Å². The molecule has 0 spiro atoms. The molecule has 0 aliphatic heterocycles. The van der Waals surface area contributed by atoms with E-state index >= 15 is 0 Å². The Kier molecular flexibility index (Phi) is 4.52. The summed E-state index contributed by atoms with van der Waals surface area (Å²) in [5, 5.41) is 20.0. The number of hydrogen-bond donors (Lipinski definition) is 3. The number of nitrogens with zero attached hydrogens (tertiary/aromatic N) is 1. The van der Waals surface area contributed by atoms with Crippen molar-refractivity contribution in [2.75, 3.05) is 13.1 Å². The van der Waals surface area contributed by atoms with E-state index in [0.717, 1.165) is 30.6 Å². The molecule has 3 N–H and O–H groups in total. The Morgan fingerprint density at radius 3 is 1.94 bits per heavy atom. The molecule has 1 saturated carbocycles. The maximum Gasteiger partial charge on any atom is 0.323 e. The fourth-order valence-corrected chi connectivity index (χ4v) is 2.14. The summed E-state index contributed by atoms with van der Waals surface area (Å²) in [6.45, 7) is 0.653. The second-order valence-electron chi connectivity index (χ2n) is 4.84. The predicted octanol–water partition coefficient (Wildman–Crippen LogP) is 0.500. The summed E-state index contributed by atoms with van der Waals surface area (Å²) in [5.74, 6) is -2.47. The van der Waals surface area contributed by atoms with Crippen molar-refractivity contribution in [1.29, 1.82) is 0 Å². The average molecular weight is 258 g/mol. The Bertz CT molecular complexity index is 333. The molecule has 0 radical (unpaired) electrons. The molecular weight excluding hydrogens is 240 g/mol. The molecule has 1 aliphatic carbocycles. The summed E-state index contributed by atoms with van der Waals surface area (Å²) in [6.07, 6.45) is 3.67. The van der Waals surface area contributed by atoms with Gasteiger partial charge in [0.25, 0.3) is 0 Å². The van der Waals surface area contributed by atoms with Gasteiger partial charge in [0.2, 0.25) is 0 Å². The largest absolute Gasteiger partial charge is 0.480 e. The monoisotopic (exact) mass is 258 g/mol. The van der Waals surface area contributed by atoms with Crippen molar-refractivity contribution in [3.05, 3.63) is 0 Å². The summed E-state index contributed by atoms with van der Waals surface area (Å²) in [4.78, 5) is 33.8. The number of carbonyl (C=O) groups is 3. The van der Waals surface area contributed by atoms with Gasteiger partial charge in [-0.1, -0.05) is 12.8 Å². The molecule has 0 heterocycles. The van der Waals surface area contributed by atoms with Crippen LogP contribution in [0.1, 0.15) is 32.6 Å². The Morgan fingerprint density at radius 2 is 1.56 bits per heavy atom. The first-order valence-electron chi connectivity index (χ1n) is 5.83. The molecule has 0 aromatic heterocycles. The maximum absolute atomic E-state index is 11.9. The van der Waals surface area contributed by atoms with E-state index < -0.39 is 31.1 Å². The number of carboxylic acid groups (broad SMARTS) is 2. The van der Waals surface area contributed by atoms with Crippen LogP contribution >= 0.6 is 0 Å². The van der Waals surface area contributed by atoms with Gasteiger partial charge in [-0.2, -0.15) is 0 Å². The van der Waals surface area contributed by atoms with Crippen LogP contribution in [0.25, 0.3) is 0 Å². The number of rotatable bonds is 5. The van der Waals surface area contributed by atoms with Crippen molar-refractivity contribution < 1.29 is 24.6 Å². The minimum Gasteiger partial charge on any atom is -0.480 e. The smallest absolute Gasteiger partial charge is 0.323 e. The molecule has 2 amide bonds. The lowest BCUT2D eigenvalue weighted by molar-refractivity contribution is -0.140. The third-order valence-electron chi connectivity index (χ3n) is 3.06. The molecule has 1 rings (SSSR count). The number of aliphatic carboxylic acids is 2. The molecule has 0 aromatic rings. The summed E-state index contributed by atoms with van der Waals surface area (Å²) < 4.78 is 0. The molecule has 0 saturated heterocycles. The highest BCUT2D eigenvalue weighted by Gasteiger charge is 2.32. The van der Waals surface area contributed by atoms with E-state index in [-0.39, 0.29) is 5.54 Å². The molecule has 7 heteroatoms. The number of amides is 2. The molecule has 18 heavy (non-hydrogen) atoms. The third-order valence-corrected chi connectivity index (χ3v) is 3.06. The first-order valence-corrected chi connectivity index (χ1v) is 5.83. The second-order valence-corrected chi connectivity index (χ2v) is 4.84. The maximum atomic E-state index is 11.9. The standard InChI is InChI=1S/C11H18N2O5/c1-11(4-2-3-5-11)12-10(18)13(6-8(14)15)7-9(16)17/h2-7H2,1H3,(H,12,18)(H,14,15)(H,16,17). The van der Waals surface area contributed by atoms with Gasteiger partial charge in [-0.25, -0.2) is 4.79 Å². The fraction of sp³-hybridized carbons (Fsp3) is 0.727. The quantitative estimate of drug-likeness (QED) is 0.665. The van der Waals surface area contributed by atoms with Gasteiger partial charge in [0.05, 0.1) is 0 Å². The van der Waals surface area contributed by atoms with E-state index in [1.165, 1.54) is 0 Å². The van der Waals surface area contributed by atoms with E-state index in [1.807, 2.05) is 6.92 Å². The molecule has 102 valence electrons. The molecule has 0 atom stereocenters. The molecule has 0 bridgehead atoms. The van der Waals surface area contributed by atoms with Gasteiger partial charge in [0.15, 0.2) is 0 Å². The Hall–Kier alpha value is -1.79. The number of carboxylic acids is 2. The van der Waals surface area contributed by atoms with Crippen LogP contribution < -0.4 is 5.32 Å². The first-order chi connectivity index (χ1) is 8.32. The van der Waals surface area contributed by atoms with Crippen LogP contribution in [-0.2, 0) is 9.59 Å². The van der Waals surface area contributed by atoms with E-state index in [2.05, 4.69) is 5.32 Å². The molecule has 1 fully saturated rings. The molecule has 1 aliphatic rings. The lowest BCUT2D eigenvalue weighted by atomic mass is 10.0. The lowest BCUT2D eigenvalue weighted by Gasteiger charge is -2.29. The van der Waals surface area contributed by atoms with Gasteiger partial charge in [-0.15, -0.1) is 0 Å². The molecular formula is C11H18N2O5. The minimum absolute atomic E-state index is 0.355. The van der Waals surface area contributed by atoms with Gasteiger partial charge in [0, 0.05) is 5.54 Å². The first kappa shape index (κ1) is 14.3. The van der Waals surface area contributed by atoms with Crippen LogP contribution in [0.4, 0.5) is 4.79 Å². The highest BCUT2D eigenvalue weighted by atomic mass is 16.4. The number of carbonyl (C=O) groups excluding carboxylic acids is 1. The Balaban J connectivity index is 2.63. The van der Waals surface area contributed by atoms with E-state index in [4.69, 9.17) is 10.2 Å². The van der Waals surface area contributed by atoms with Gasteiger partial charge in [0.1, 0.15) is 13.1 Å². The van der Waals surface area contributed by atoms with Crippen molar-refractivity contribution in [3.63, 3.8) is 0 Å². The summed E-state index contributed by atoms with van der Waals surface area (Å²) in [5.41, 5.74) is -0.355. The SMILES string of the molecule is CC1(NC(=O)N(CC(=O)O)CC(=O)O)CCCC1. The van der Waals surface area contributed by atoms with Crippen molar-refractivity contribution >= 4 is 18.0 Å². The summed E-state index contributed by atoms with van der Waals surface area (Å²) in [7, 11) is 0. The predicted molar refractivity (Wildman–Crippen MR) is 62.2 cm³/mol. The van der Waals surface area contributed by atoms with Crippen LogP contribution in [-0.4, -0.2) is 51.7 Å². The normalized spacial score (nSPS) is 17.2. The summed E-state index contributed by atoms with van der Waals surface area (Å²) >= 11 is 0. The highest BCUT2D eigenvalue weighted by molar-refractivity contribution is 5.84. The zero-order chi connectivity index (χ0) is 13.8. The van der Waals surface area contributed by atoms with Crippen LogP contribution in [0.5, 0.6) is 0 Å². The summed E-state index contributed by atoms with van der Waals surface area (Å²) in [6, 6.07) is -0.635. The third kappa shape index (κ3) is 4.23. The average Bonchev–Trinajstić information content (AvgIpc) is 2.62. The van der Waals surface area contributed by atoms with E-state index in [0.29, 0.717) is 0 Å². The van der Waals surface area contributed by atoms with Gasteiger partial charge >= 0.3 is 18.0 Å².